The normalized spacial score (nSPS) is 12.5. The van der Waals surface area contributed by atoms with Crippen LogP contribution in [0.3, 0.4) is 0 Å². The summed E-state index contributed by atoms with van der Waals surface area (Å²) in [7, 11) is 0. The molecule has 0 saturated heterocycles. The van der Waals surface area contributed by atoms with Crippen molar-refractivity contribution in [2.45, 2.75) is 5.37 Å². The second-order valence-electron chi connectivity index (χ2n) is 1.90. The highest BCUT2D eigenvalue weighted by molar-refractivity contribution is 8.00. The van der Waals surface area contributed by atoms with Gasteiger partial charge in [-0.05, 0) is 0 Å². The fraction of sp³-hybridized carbons (Fsp3) is 0.800. The van der Waals surface area contributed by atoms with Gasteiger partial charge in [0.1, 0.15) is 0 Å². The Labute approximate surface area is 76.4 Å². The van der Waals surface area contributed by atoms with Crippen LogP contribution in [0, 0.1) is 0 Å². The molecule has 0 aliphatic carbocycles. The molecule has 0 aliphatic rings. The van der Waals surface area contributed by atoms with Crippen LogP contribution in [0.2, 0.25) is 0 Å². The van der Waals surface area contributed by atoms with Crippen molar-refractivity contribution < 1.29 is 0 Å². The van der Waals surface area contributed by atoms with E-state index in [1.54, 1.807) is 11.8 Å². The molecule has 0 aliphatic heterocycles. The van der Waals surface area contributed by atoms with Gasteiger partial charge in [0.15, 0.2) is 5.96 Å². The lowest BCUT2D eigenvalue weighted by Crippen LogP contribution is -2.23. The lowest BCUT2D eigenvalue weighted by molar-refractivity contribution is 1.05. The molecule has 0 aromatic carbocycles. The minimum absolute atomic E-state index is 0.0764. The summed E-state index contributed by atoms with van der Waals surface area (Å²) in [4.78, 5) is 3.80. The number of hydrogen-bond donors (Lipinski definition) is 4. The van der Waals surface area contributed by atoms with Crippen molar-refractivity contribution in [3.05, 3.63) is 0 Å². The Hall–Kier alpha value is -0.0700. The van der Waals surface area contributed by atoms with Crippen molar-refractivity contribution in [3.63, 3.8) is 0 Å². The van der Waals surface area contributed by atoms with Crippen molar-refractivity contribution in [1.82, 2.24) is 0 Å². The van der Waals surface area contributed by atoms with E-state index in [0.717, 1.165) is 5.75 Å². The number of rotatable bonds is 5. The lowest BCUT2D eigenvalue weighted by atomic mass is 10.8. The summed E-state index contributed by atoms with van der Waals surface area (Å²) in [6.45, 7) is 0.620. The molecule has 0 saturated carbocycles. The average Bonchev–Trinajstić information content (AvgIpc) is 1.97. The monoisotopic (exact) mass is 194 g/mol. The number of hydrogen-bond acceptors (Lipinski definition) is 4. The highest BCUT2D eigenvalue weighted by Crippen LogP contribution is 2.05. The smallest absolute Gasteiger partial charge is 0.185 e. The van der Waals surface area contributed by atoms with Gasteiger partial charge in [0.05, 0.1) is 11.9 Å². The van der Waals surface area contributed by atoms with Gasteiger partial charge in [-0.1, -0.05) is 0 Å². The molecule has 0 fully saturated rings. The minimum atomic E-state index is 0.0764. The molecule has 0 bridgehead atoms. The molecule has 0 rings (SSSR count). The van der Waals surface area contributed by atoms with E-state index in [9.17, 15) is 0 Å². The standard InChI is InChI=1S/C5H14N4S2/c6-4(3-10)11-2-1-9-5(7)8/h4,10H,1-3,6H2,(H4,7,8,9). The van der Waals surface area contributed by atoms with Crippen molar-refractivity contribution in [2.75, 3.05) is 18.1 Å². The number of nitrogens with two attached hydrogens (primary N) is 3. The van der Waals surface area contributed by atoms with E-state index in [4.69, 9.17) is 17.2 Å². The molecule has 4 nitrogen and oxygen atoms in total. The molecule has 11 heavy (non-hydrogen) atoms. The highest BCUT2D eigenvalue weighted by Gasteiger charge is 1.97. The van der Waals surface area contributed by atoms with Gasteiger partial charge >= 0.3 is 0 Å². The van der Waals surface area contributed by atoms with Crippen molar-refractivity contribution in [2.24, 2.45) is 22.2 Å². The molecule has 0 radical (unpaired) electrons. The molecule has 66 valence electrons. The Bertz CT molecular complexity index is 124. The first-order valence-electron chi connectivity index (χ1n) is 3.20. The number of aliphatic imine (C=N–C) groups is 1. The predicted octanol–water partition coefficient (Wildman–Crippen LogP) is -0.792. The van der Waals surface area contributed by atoms with E-state index in [0.29, 0.717) is 12.3 Å². The average molecular weight is 194 g/mol. The van der Waals surface area contributed by atoms with Gasteiger partial charge in [0, 0.05) is 11.5 Å². The Morgan fingerprint density at radius 1 is 1.55 bits per heavy atom. The molecule has 6 heteroatoms. The maximum absolute atomic E-state index is 5.57. The molecule has 6 N–H and O–H groups in total. The first-order valence-corrected chi connectivity index (χ1v) is 4.88. The molecule has 0 spiro atoms. The number of thioether (sulfide) groups is 1. The molecule has 1 unspecified atom stereocenters. The van der Waals surface area contributed by atoms with E-state index >= 15 is 0 Å². The second-order valence-corrected chi connectivity index (χ2v) is 3.61. The zero-order valence-electron chi connectivity index (χ0n) is 6.23. The van der Waals surface area contributed by atoms with Gasteiger partial charge in [0.2, 0.25) is 0 Å². The van der Waals surface area contributed by atoms with Crippen LogP contribution in [0.1, 0.15) is 0 Å². The van der Waals surface area contributed by atoms with Gasteiger partial charge in [-0.2, -0.15) is 12.6 Å². The Balaban J connectivity index is 3.21. The van der Waals surface area contributed by atoms with E-state index < -0.39 is 0 Å². The molecule has 0 aromatic heterocycles. The molecular formula is C5H14N4S2. The summed E-state index contributed by atoms with van der Waals surface area (Å²) in [5, 5.41) is 0.0764. The minimum Gasteiger partial charge on any atom is -0.370 e. The van der Waals surface area contributed by atoms with E-state index in [1.807, 2.05) is 0 Å². The van der Waals surface area contributed by atoms with Crippen molar-refractivity contribution >= 4 is 30.4 Å². The van der Waals surface area contributed by atoms with Crippen LogP contribution in [0.25, 0.3) is 0 Å². The first-order chi connectivity index (χ1) is 5.16. The lowest BCUT2D eigenvalue weighted by Gasteiger charge is -2.05. The number of thiol groups is 1. The molecule has 1 atom stereocenters. The van der Waals surface area contributed by atoms with Crippen LogP contribution >= 0.6 is 24.4 Å². The summed E-state index contributed by atoms with van der Waals surface area (Å²) < 4.78 is 0. The Morgan fingerprint density at radius 3 is 2.64 bits per heavy atom. The van der Waals surface area contributed by atoms with Gasteiger partial charge in [-0.3, -0.25) is 4.99 Å². The van der Waals surface area contributed by atoms with E-state index in [-0.39, 0.29) is 11.3 Å². The molecule has 0 aromatic rings. The van der Waals surface area contributed by atoms with Gasteiger partial charge in [-0.25, -0.2) is 0 Å². The third kappa shape index (κ3) is 7.83. The summed E-state index contributed by atoms with van der Waals surface area (Å²) >= 11 is 5.63. The quantitative estimate of drug-likeness (QED) is 0.152. The van der Waals surface area contributed by atoms with Crippen LogP contribution in [0.5, 0.6) is 0 Å². The third-order valence-corrected chi connectivity index (χ3v) is 2.55. The second kappa shape index (κ2) is 6.63. The Kier molecular flexibility index (Phi) is 6.59. The number of guanidine groups is 1. The van der Waals surface area contributed by atoms with Crippen molar-refractivity contribution in [1.29, 1.82) is 0 Å². The largest absolute Gasteiger partial charge is 0.370 e. The Morgan fingerprint density at radius 2 is 2.18 bits per heavy atom. The summed E-state index contributed by atoms with van der Waals surface area (Å²) in [5.74, 6) is 1.64. The van der Waals surface area contributed by atoms with Crippen LogP contribution < -0.4 is 17.2 Å². The maximum Gasteiger partial charge on any atom is 0.185 e. The topological polar surface area (TPSA) is 90.4 Å². The fourth-order valence-electron chi connectivity index (χ4n) is 0.432. The van der Waals surface area contributed by atoms with Crippen LogP contribution in [-0.4, -0.2) is 29.4 Å². The summed E-state index contributed by atoms with van der Waals surface area (Å²) in [5.41, 5.74) is 15.8. The molecule has 0 amide bonds. The predicted molar refractivity (Wildman–Crippen MR) is 55.0 cm³/mol. The summed E-state index contributed by atoms with van der Waals surface area (Å²) in [6.07, 6.45) is 0. The molecule has 0 heterocycles. The van der Waals surface area contributed by atoms with E-state index in [1.165, 1.54) is 0 Å². The third-order valence-electron chi connectivity index (χ3n) is 0.898. The number of nitrogens with zero attached hydrogens (tertiary/aromatic N) is 1. The van der Waals surface area contributed by atoms with E-state index in [2.05, 4.69) is 17.6 Å². The first kappa shape index (κ1) is 10.9. The maximum atomic E-state index is 5.57. The molecular weight excluding hydrogens is 180 g/mol. The highest BCUT2D eigenvalue weighted by atomic mass is 32.2. The van der Waals surface area contributed by atoms with Crippen LogP contribution in [-0.2, 0) is 0 Å². The van der Waals surface area contributed by atoms with Crippen LogP contribution in [0.4, 0.5) is 0 Å². The van der Waals surface area contributed by atoms with Crippen LogP contribution in [0.15, 0.2) is 4.99 Å². The van der Waals surface area contributed by atoms with Gasteiger partial charge in [-0.15, -0.1) is 11.8 Å². The van der Waals surface area contributed by atoms with Gasteiger partial charge in [0.25, 0.3) is 0 Å². The zero-order chi connectivity index (χ0) is 8.69. The fourth-order valence-corrected chi connectivity index (χ4v) is 1.35. The zero-order valence-corrected chi connectivity index (χ0v) is 7.94. The van der Waals surface area contributed by atoms with Crippen molar-refractivity contribution in [3.8, 4) is 0 Å². The van der Waals surface area contributed by atoms with Gasteiger partial charge < -0.3 is 17.2 Å². The summed E-state index contributed by atoms with van der Waals surface area (Å²) in [6, 6.07) is 0. The SMILES string of the molecule is NC(N)=NCCSC(N)CS.